The lowest BCUT2D eigenvalue weighted by atomic mass is 10.1. The molecule has 0 aromatic heterocycles. The summed E-state index contributed by atoms with van der Waals surface area (Å²) < 4.78 is 0. The van der Waals surface area contributed by atoms with Gasteiger partial charge in [0.15, 0.2) is 0 Å². The van der Waals surface area contributed by atoms with Crippen LogP contribution in [0.5, 0.6) is 0 Å². The van der Waals surface area contributed by atoms with Crippen molar-refractivity contribution in [2.75, 3.05) is 30.6 Å². The Kier molecular flexibility index (Phi) is 12.5. The van der Waals surface area contributed by atoms with Crippen molar-refractivity contribution in [3.8, 4) is 0 Å². The van der Waals surface area contributed by atoms with Crippen molar-refractivity contribution < 1.29 is 29.1 Å². The van der Waals surface area contributed by atoms with Crippen LogP contribution in [-0.4, -0.2) is 94.3 Å². The smallest absolute Gasteiger partial charge is 0.326 e. The predicted molar refractivity (Wildman–Crippen MR) is 124 cm³/mol. The van der Waals surface area contributed by atoms with Crippen LogP contribution in [0.2, 0.25) is 0 Å². The van der Waals surface area contributed by atoms with Crippen molar-refractivity contribution in [1.82, 2.24) is 15.5 Å². The summed E-state index contributed by atoms with van der Waals surface area (Å²) in [4.78, 5) is 62.5. The van der Waals surface area contributed by atoms with Crippen molar-refractivity contribution in [2.45, 2.75) is 56.3 Å². The minimum Gasteiger partial charge on any atom is -0.480 e. The number of nitrogens with two attached hydrogens (primary N) is 2. The number of hydrogen-bond donors (Lipinski definition) is 5. The molecule has 1 fully saturated rings. The van der Waals surface area contributed by atoms with Gasteiger partial charge in [-0.25, -0.2) is 4.79 Å². The monoisotopic (exact) mass is 491 g/mol. The highest BCUT2D eigenvalue weighted by molar-refractivity contribution is 7.98. The number of likely N-dealkylation sites (tertiary alicyclic amines) is 1. The molecule has 4 amide bonds. The van der Waals surface area contributed by atoms with Gasteiger partial charge in [-0.3, -0.25) is 19.2 Å². The molecule has 0 spiro atoms. The van der Waals surface area contributed by atoms with Crippen LogP contribution in [0.15, 0.2) is 0 Å². The number of aliphatic carboxylic acids is 1. The number of carboxylic acid groups (broad SMARTS) is 1. The van der Waals surface area contributed by atoms with E-state index in [0.717, 1.165) is 0 Å². The van der Waals surface area contributed by atoms with Crippen LogP contribution >= 0.6 is 23.5 Å². The summed E-state index contributed by atoms with van der Waals surface area (Å²) in [5.41, 5.74) is 11.1. The molecule has 4 unspecified atom stereocenters. The van der Waals surface area contributed by atoms with Crippen molar-refractivity contribution in [1.29, 1.82) is 0 Å². The molecule has 1 aliphatic rings. The van der Waals surface area contributed by atoms with E-state index in [2.05, 4.69) is 10.6 Å². The Morgan fingerprint density at radius 1 is 1.06 bits per heavy atom. The second kappa shape index (κ2) is 14.2. The minimum absolute atomic E-state index is 0.239. The normalized spacial score (nSPS) is 18.5. The van der Waals surface area contributed by atoms with Gasteiger partial charge in [0, 0.05) is 6.54 Å². The molecule has 0 aromatic carbocycles. The fraction of sp³-hybridized carbons (Fsp3) is 0.737. The Morgan fingerprint density at radius 2 is 1.69 bits per heavy atom. The highest BCUT2D eigenvalue weighted by atomic mass is 32.2. The molecule has 1 saturated heterocycles. The average molecular weight is 492 g/mol. The highest BCUT2D eigenvalue weighted by Crippen LogP contribution is 2.20. The number of thioether (sulfide) groups is 2. The quantitative estimate of drug-likeness (QED) is 0.198. The fourth-order valence-corrected chi connectivity index (χ4v) is 4.28. The van der Waals surface area contributed by atoms with E-state index in [9.17, 15) is 29.1 Å². The van der Waals surface area contributed by atoms with Crippen LogP contribution in [0, 0.1) is 0 Å². The Balaban J connectivity index is 2.91. The zero-order valence-electron chi connectivity index (χ0n) is 18.4. The predicted octanol–water partition coefficient (Wildman–Crippen LogP) is -1.26. The van der Waals surface area contributed by atoms with E-state index in [1.54, 1.807) is 0 Å². The second-order valence-corrected chi connectivity index (χ2v) is 9.46. The standard InChI is InChI=1S/C19H33N5O6S2/c1-31-8-5-11(20)16(26)23-13(10-15(21)25)18(28)24-7-3-4-14(24)17(27)22-12(19(29)30)6-9-32-2/h11-14H,3-10,20H2,1-2H3,(H2,21,25)(H,22,27)(H,23,26)(H,29,30). The molecule has 0 aromatic rings. The lowest BCUT2D eigenvalue weighted by molar-refractivity contribution is -0.145. The van der Waals surface area contributed by atoms with Crippen molar-refractivity contribution in [3.63, 3.8) is 0 Å². The van der Waals surface area contributed by atoms with Gasteiger partial charge in [-0.2, -0.15) is 23.5 Å². The number of amides is 4. The Morgan fingerprint density at radius 3 is 2.25 bits per heavy atom. The largest absolute Gasteiger partial charge is 0.480 e. The molecule has 182 valence electrons. The summed E-state index contributed by atoms with van der Waals surface area (Å²) >= 11 is 2.98. The first-order chi connectivity index (χ1) is 15.1. The third-order valence-electron chi connectivity index (χ3n) is 5.05. The molecule has 0 aliphatic carbocycles. The van der Waals surface area contributed by atoms with E-state index in [1.807, 2.05) is 12.5 Å². The Hall–Kier alpha value is -1.99. The lowest BCUT2D eigenvalue weighted by Crippen LogP contribution is -2.57. The summed E-state index contributed by atoms with van der Waals surface area (Å²) in [5, 5.41) is 14.3. The Bertz CT molecular complexity index is 695. The number of carbonyl (C=O) groups excluding carboxylic acids is 4. The molecule has 0 bridgehead atoms. The first-order valence-corrected chi connectivity index (χ1v) is 13.1. The van der Waals surface area contributed by atoms with E-state index in [4.69, 9.17) is 11.5 Å². The van der Waals surface area contributed by atoms with Crippen LogP contribution in [0.4, 0.5) is 0 Å². The number of nitrogens with zero attached hydrogens (tertiary/aromatic N) is 1. The SMILES string of the molecule is CSCCC(N)C(=O)NC(CC(N)=O)C(=O)N1CCCC1C(=O)NC(CCSC)C(=O)O. The zero-order valence-corrected chi connectivity index (χ0v) is 20.0. The van der Waals surface area contributed by atoms with Crippen molar-refractivity contribution >= 4 is 53.1 Å². The van der Waals surface area contributed by atoms with Crippen LogP contribution in [0.3, 0.4) is 0 Å². The van der Waals surface area contributed by atoms with E-state index < -0.39 is 60.2 Å². The maximum absolute atomic E-state index is 13.1. The molecule has 11 nitrogen and oxygen atoms in total. The van der Waals surface area contributed by atoms with Gasteiger partial charge < -0.3 is 32.1 Å². The number of carboxylic acids is 1. The van der Waals surface area contributed by atoms with Crippen LogP contribution in [-0.2, 0) is 24.0 Å². The number of rotatable bonds is 14. The molecular formula is C19H33N5O6S2. The van der Waals surface area contributed by atoms with Crippen molar-refractivity contribution in [2.24, 2.45) is 11.5 Å². The van der Waals surface area contributed by atoms with Gasteiger partial charge in [0.05, 0.1) is 12.5 Å². The van der Waals surface area contributed by atoms with Gasteiger partial charge in [0.2, 0.25) is 23.6 Å². The molecule has 7 N–H and O–H groups in total. The van der Waals surface area contributed by atoms with Crippen molar-refractivity contribution in [3.05, 3.63) is 0 Å². The summed E-state index contributed by atoms with van der Waals surface area (Å²) in [6, 6.07) is -4.06. The van der Waals surface area contributed by atoms with E-state index in [-0.39, 0.29) is 13.0 Å². The number of nitrogens with one attached hydrogen (secondary N) is 2. The molecule has 1 aliphatic heterocycles. The highest BCUT2D eigenvalue weighted by Gasteiger charge is 2.39. The molecule has 0 radical (unpaired) electrons. The summed E-state index contributed by atoms with van der Waals surface area (Å²) in [7, 11) is 0. The lowest BCUT2D eigenvalue weighted by Gasteiger charge is -2.29. The molecular weight excluding hydrogens is 458 g/mol. The van der Waals surface area contributed by atoms with E-state index in [0.29, 0.717) is 30.8 Å². The minimum atomic E-state index is -1.25. The molecule has 13 heteroatoms. The van der Waals surface area contributed by atoms with Gasteiger partial charge >= 0.3 is 5.97 Å². The van der Waals surface area contributed by atoms with Gasteiger partial charge in [-0.15, -0.1) is 0 Å². The molecule has 0 saturated carbocycles. The molecule has 1 rings (SSSR count). The maximum atomic E-state index is 13.1. The fourth-order valence-electron chi connectivity index (χ4n) is 3.32. The molecule has 1 heterocycles. The van der Waals surface area contributed by atoms with E-state index >= 15 is 0 Å². The summed E-state index contributed by atoms with van der Waals surface area (Å²) in [5.74, 6) is -2.52. The van der Waals surface area contributed by atoms with Gasteiger partial charge in [-0.1, -0.05) is 0 Å². The van der Waals surface area contributed by atoms with E-state index in [1.165, 1.54) is 28.4 Å². The van der Waals surface area contributed by atoms with Crippen LogP contribution < -0.4 is 22.1 Å². The first-order valence-electron chi connectivity index (χ1n) is 10.3. The summed E-state index contributed by atoms with van der Waals surface area (Å²) in [6.07, 6.45) is 4.78. The van der Waals surface area contributed by atoms with Gasteiger partial charge in [0.25, 0.3) is 0 Å². The summed E-state index contributed by atoms with van der Waals surface area (Å²) in [6.45, 7) is 0.239. The third-order valence-corrected chi connectivity index (χ3v) is 6.34. The average Bonchev–Trinajstić information content (AvgIpc) is 3.23. The molecule has 32 heavy (non-hydrogen) atoms. The Labute approximate surface area is 196 Å². The number of primary amides is 1. The zero-order chi connectivity index (χ0) is 24.3. The second-order valence-electron chi connectivity index (χ2n) is 7.49. The van der Waals surface area contributed by atoms with Crippen LogP contribution in [0.25, 0.3) is 0 Å². The van der Waals surface area contributed by atoms with Gasteiger partial charge in [0.1, 0.15) is 18.1 Å². The first kappa shape index (κ1) is 28.0. The third kappa shape index (κ3) is 8.87. The number of hydrogen-bond acceptors (Lipinski definition) is 8. The maximum Gasteiger partial charge on any atom is 0.326 e. The topological polar surface area (TPSA) is 185 Å². The van der Waals surface area contributed by atoms with Gasteiger partial charge in [-0.05, 0) is 49.7 Å². The van der Waals surface area contributed by atoms with Crippen LogP contribution in [0.1, 0.15) is 32.1 Å². The number of carbonyl (C=O) groups is 5. The molecule has 4 atom stereocenters.